The van der Waals surface area contributed by atoms with Gasteiger partial charge in [-0.1, -0.05) is 0 Å². The second kappa shape index (κ2) is 3.13. The molecular weight excluding hydrogens is 131 g/mol. The summed E-state index contributed by atoms with van der Waals surface area (Å²) in [6, 6.07) is 0. The van der Waals surface area contributed by atoms with Crippen molar-refractivity contribution in [1.29, 1.82) is 0 Å². The van der Waals surface area contributed by atoms with Gasteiger partial charge in [0.05, 0.1) is 6.67 Å². The van der Waals surface area contributed by atoms with Gasteiger partial charge in [-0.05, 0) is 32.1 Å². The van der Waals surface area contributed by atoms with Crippen LogP contribution in [0.5, 0.6) is 0 Å². The van der Waals surface area contributed by atoms with Gasteiger partial charge in [0.15, 0.2) is 0 Å². The lowest BCUT2D eigenvalue weighted by Gasteiger charge is -2.03. The summed E-state index contributed by atoms with van der Waals surface area (Å²) < 4.78 is 11.6. The van der Waals surface area contributed by atoms with Crippen molar-refractivity contribution >= 4 is 6.29 Å². The largest absolute Gasteiger partial charge is 0.303 e. The fourth-order valence-electron chi connectivity index (χ4n) is 1.16. The van der Waals surface area contributed by atoms with Gasteiger partial charge in [0.1, 0.15) is 6.29 Å². The number of halogens is 1. The molecule has 0 unspecified atom stereocenters. The third-order valence-corrected chi connectivity index (χ3v) is 2.20. The van der Waals surface area contributed by atoms with Crippen LogP contribution in [0, 0.1) is 5.41 Å². The minimum Gasteiger partial charge on any atom is -0.303 e. The molecule has 0 aromatic heterocycles. The summed E-state index contributed by atoms with van der Waals surface area (Å²) in [5.74, 6) is 0. The smallest absolute Gasteiger partial charge is 0.126 e. The minimum atomic E-state index is -0.241. The fourth-order valence-corrected chi connectivity index (χ4v) is 1.16. The Morgan fingerprint density at radius 3 is 2.50 bits per heavy atom. The Labute approximate surface area is 60.6 Å². The second-order valence-electron chi connectivity index (χ2n) is 3.13. The van der Waals surface area contributed by atoms with E-state index < -0.39 is 0 Å². The van der Waals surface area contributed by atoms with E-state index in [1.165, 1.54) is 0 Å². The average molecular weight is 144 g/mol. The molecule has 1 aliphatic rings. The van der Waals surface area contributed by atoms with Crippen molar-refractivity contribution in [3.63, 3.8) is 0 Å². The fraction of sp³-hybridized carbons (Fsp3) is 0.875. The van der Waals surface area contributed by atoms with Crippen molar-refractivity contribution in [2.75, 3.05) is 6.67 Å². The highest BCUT2D eigenvalue weighted by molar-refractivity contribution is 5.63. The lowest BCUT2D eigenvalue weighted by Crippen LogP contribution is -2.00. The molecule has 1 rings (SSSR count). The van der Waals surface area contributed by atoms with E-state index in [0.29, 0.717) is 6.42 Å². The van der Waals surface area contributed by atoms with Crippen LogP contribution in [0.15, 0.2) is 0 Å². The maximum atomic E-state index is 11.6. The molecule has 58 valence electrons. The molecule has 0 amide bonds. The van der Waals surface area contributed by atoms with E-state index in [9.17, 15) is 9.18 Å². The van der Waals surface area contributed by atoms with Crippen molar-refractivity contribution in [2.24, 2.45) is 5.41 Å². The highest BCUT2D eigenvalue weighted by atomic mass is 19.1. The van der Waals surface area contributed by atoms with E-state index >= 15 is 0 Å². The molecule has 1 aliphatic carbocycles. The molecule has 0 spiro atoms. The Bertz CT molecular complexity index is 118. The van der Waals surface area contributed by atoms with Crippen LogP contribution in [0.25, 0.3) is 0 Å². The molecule has 0 N–H and O–H groups in total. The summed E-state index contributed by atoms with van der Waals surface area (Å²) in [6.45, 7) is -0.241. The Morgan fingerprint density at radius 1 is 1.40 bits per heavy atom. The molecule has 1 fully saturated rings. The van der Waals surface area contributed by atoms with E-state index in [-0.39, 0.29) is 12.1 Å². The van der Waals surface area contributed by atoms with Crippen molar-refractivity contribution in [3.8, 4) is 0 Å². The standard InChI is InChI=1S/C8H13FO/c9-6-2-1-3-8(7-10)4-5-8/h7H,1-6H2. The maximum absolute atomic E-state index is 11.6. The highest BCUT2D eigenvalue weighted by Gasteiger charge is 2.41. The van der Waals surface area contributed by atoms with Gasteiger partial charge in [-0.2, -0.15) is 0 Å². The zero-order chi connectivity index (χ0) is 7.45. The van der Waals surface area contributed by atoms with Gasteiger partial charge in [0.2, 0.25) is 0 Å². The lowest BCUT2D eigenvalue weighted by atomic mass is 10.0. The highest BCUT2D eigenvalue weighted by Crippen LogP contribution is 2.47. The van der Waals surface area contributed by atoms with Crippen molar-refractivity contribution in [3.05, 3.63) is 0 Å². The first-order chi connectivity index (χ1) is 4.83. The van der Waals surface area contributed by atoms with Crippen LogP contribution in [0.4, 0.5) is 4.39 Å². The molecule has 0 bridgehead atoms. The molecule has 0 aromatic rings. The molecule has 0 heterocycles. The molecule has 0 radical (unpaired) electrons. The number of carbonyl (C=O) groups is 1. The minimum absolute atomic E-state index is 0.00479. The molecule has 1 nitrogen and oxygen atoms in total. The summed E-state index contributed by atoms with van der Waals surface area (Å²) in [4.78, 5) is 10.4. The molecule has 0 saturated heterocycles. The monoisotopic (exact) mass is 144 g/mol. The number of rotatable bonds is 5. The predicted octanol–water partition coefficient (Wildman–Crippen LogP) is 2.11. The van der Waals surface area contributed by atoms with Crippen molar-refractivity contribution < 1.29 is 9.18 Å². The third kappa shape index (κ3) is 1.79. The van der Waals surface area contributed by atoms with Gasteiger partial charge in [-0.15, -0.1) is 0 Å². The molecule has 10 heavy (non-hydrogen) atoms. The SMILES string of the molecule is O=CC1(CCCCF)CC1. The van der Waals surface area contributed by atoms with E-state index in [0.717, 1.165) is 32.0 Å². The maximum Gasteiger partial charge on any atom is 0.126 e. The molecule has 1 saturated carbocycles. The van der Waals surface area contributed by atoms with Crippen LogP contribution in [0.1, 0.15) is 32.1 Å². The van der Waals surface area contributed by atoms with Crippen LogP contribution >= 0.6 is 0 Å². The van der Waals surface area contributed by atoms with Crippen LogP contribution < -0.4 is 0 Å². The van der Waals surface area contributed by atoms with E-state index in [2.05, 4.69) is 0 Å². The van der Waals surface area contributed by atoms with Crippen LogP contribution in [-0.4, -0.2) is 13.0 Å². The van der Waals surface area contributed by atoms with Gasteiger partial charge >= 0.3 is 0 Å². The van der Waals surface area contributed by atoms with Crippen LogP contribution in [0.2, 0.25) is 0 Å². The first kappa shape index (κ1) is 7.70. The Morgan fingerprint density at radius 2 is 2.10 bits per heavy atom. The first-order valence-corrected chi connectivity index (χ1v) is 3.85. The summed E-state index contributed by atoms with van der Waals surface area (Å²) >= 11 is 0. The molecule has 2 heteroatoms. The third-order valence-electron chi connectivity index (χ3n) is 2.20. The average Bonchev–Trinajstić information content (AvgIpc) is 2.70. The molecule has 0 aromatic carbocycles. The number of aldehydes is 1. The summed E-state index contributed by atoms with van der Waals surface area (Å²) in [5, 5.41) is 0. The quantitative estimate of drug-likeness (QED) is 0.426. The number of hydrogen-bond acceptors (Lipinski definition) is 1. The van der Waals surface area contributed by atoms with E-state index in [1.54, 1.807) is 0 Å². The van der Waals surface area contributed by atoms with Gasteiger partial charge in [0, 0.05) is 5.41 Å². The molecule has 0 atom stereocenters. The van der Waals surface area contributed by atoms with Crippen molar-refractivity contribution in [1.82, 2.24) is 0 Å². The van der Waals surface area contributed by atoms with Gasteiger partial charge in [-0.25, -0.2) is 0 Å². The van der Waals surface area contributed by atoms with Gasteiger partial charge in [0.25, 0.3) is 0 Å². The van der Waals surface area contributed by atoms with Gasteiger partial charge in [-0.3, -0.25) is 4.39 Å². The Balaban J connectivity index is 2.07. The Kier molecular flexibility index (Phi) is 2.41. The zero-order valence-electron chi connectivity index (χ0n) is 6.11. The summed E-state index contributed by atoms with van der Waals surface area (Å²) in [7, 11) is 0. The van der Waals surface area contributed by atoms with E-state index in [4.69, 9.17) is 0 Å². The first-order valence-electron chi connectivity index (χ1n) is 3.85. The second-order valence-corrected chi connectivity index (χ2v) is 3.13. The molecule has 0 aliphatic heterocycles. The Hall–Kier alpha value is -0.400. The topological polar surface area (TPSA) is 17.1 Å². The van der Waals surface area contributed by atoms with Crippen LogP contribution in [-0.2, 0) is 4.79 Å². The van der Waals surface area contributed by atoms with Crippen molar-refractivity contribution in [2.45, 2.75) is 32.1 Å². The summed E-state index contributed by atoms with van der Waals surface area (Å²) in [5.41, 5.74) is -0.00479. The number of alkyl halides is 1. The number of hydrogen-bond donors (Lipinski definition) is 0. The van der Waals surface area contributed by atoms with Crippen LogP contribution in [0.3, 0.4) is 0 Å². The number of carbonyl (C=O) groups excluding carboxylic acids is 1. The molecular formula is C8H13FO. The lowest BCUT2D eigenvalue weighted by molar-refractivity contribution is -0.112. The summed E-state index contributed by atoms with van der Waals surface area (Å²) in [6.07, 6.45) is 5.50. The van der Waals surface area contributed by atoms with E-state index in [1.807, 2.05) is 0 Å². The van der Waals surface area contributed by atoms with Gasteiger partial charge < -0.3 is 4.79 Å². The normalized spacial score (nSPS) is 20.5. The number of unbranched alkanes of at least 4 members (excludes halogenated alkanes) is 1. The zero-order valence-corrected chi connectivity index (χ0v) is 6.11. The predicted molar refractivity (Wildman–Crippen MR) is 37.6 cm³/mol.